The number of carbonyl (C=O) groups is 1. The maximum Gasteiger partial charge on any atom is 0.252 e. The van der Waals surface area contributed by atoms with Gasteiger partial charge >= 0.3 is 0 Å². The zero-order valence-corrected chi connectivity index (χ0v) is 14.4. The van der Waals surface area contributed by atoms with Crippen molar-refractivity contribution in [3.8, 4) is 17.2 Å². The topological polar surface area (TPSA) is 78.1 Å². The van der Waals surface area contributed by atoms with Gasteiger partial charge in [0.1, 0.15) is 18.0 Å². The van der Waals surface area contributed by atoms with Crippen molar-refractivity contribution >= 4 is 18.3 Å². The van der Waals surface area contributed by atoms with Crippen LogP contribution in [-0.4, -0.2) is 51.7 Å². The Balaban J connectivity index is 0.00000208. The fraction of sp³-hybridized carbons (Fsp3) is 0.562. The van der Waals surface area contributed by atoms with Crippen LogP contribution >= 0.6 is 12.4 Å². The minimum Gasteiger partial charge on any atom is -0.492 e. The zero-order chi connectivity index (χ0) is 16.1. The molecule has 2 heterocycles. The van der Waals surface area contributed by atoms with Gasteiger partial charge in [-0.2, -0.15) is 0 Å². The first kappa shape index (κ1) is 18.6. The summed E-state index contributed by atoms with van der Waals surface area (Å²) in [6, 6.07) is 5.41. The summed E-state index contributed by atoms with van der Waals surface area (Å²) in [4.78, 5) is 12.4. The Bertz CT molecular complexity index is 563. The predicted molar refractivity (Wildman–Crippen MR) is 90.2 cm³/mol. The molecule has 0 unspecified atom stereocenters. The highest BCUT2D eigenvalue weighted by Crippen LogP contribution is 2.35. The van der Waals surface area contributed by atoms with Crippen LogP contribution in [0.4, 0.5) is 0 Å². The molecule has 0 aliphatic carbocycles. The monoisotopic (exact) mass is 358 g/mol. The predicted octanol–water partition coefficient (Wildman–Crippen LogP) is 1.10. The SMILES string of the molecule is COC1(C(=O)NCCOc2ccc3c(c2)OCO3)CCNCC1.Cl. The molecule has 1 aromatic carbocycles. The van der Waals surface area contributed by atoms with Gasteiger partial charge in [-0.1, -0.05) is 0 Å². The smallest absolute Gasteiger partial charge is 0.252 e. The Morgan fingerprint density at radius 1 is 1.29 bits per heavy atom. The van der Waals surface area contributed by atoms with Gasteiger partial charge in [-0.05, 0) is 38.1 Å². The largest absolute Gasteiger partial charge is 0.492 e. The number of carbonyl (C=O) groups excluding carboxylic acids is 1. The van der Waals surface area contributed by atoms with Crippen LogP contribution < -0.4 is 24.8 Å². The minimum absolute atomic E-state index is 0. The van der Waals surface area contributed by atoms with Gasteiger partial charge in [0.25, 0.3) is 5.91 Å². The summed E-state index contributed by atoms with van der Waals surface area (Å²) in [5.74, 6) is 2.01. The quantitative estimate of drug-likeness (QED) is 0.741. The molecular formula is C16H23ClN2O5. The normalized spacial score (nSPS) is 17.7. The Kier molecular flexibility index (Phi) is 6.53. The number of fused-ring (bicyclic) bond motifs is 1. The van der Waals surface area contributed by atoms with E-state index in [0.29, 0.717) is 37.5 Å². The Hall–Kier alpha value is -1.70. The molecule has 1 saturated heterocycles. The molecule has 24 heavy (non-hydrogen) atoms. The lowest BCUT2D eigenvalue weighted by atomic mass is 9.91. The summed E-state index contributed by atoms with van der Waals surface area (Å²) in [7, 11) is 1.59. The fourth-order valence-electron chi connectivity index (χ4n) is 2.82. The van der Waals surface area contributed by atoms with Gasteiger partial charge in [-0.3, -0.25) is 4.79 Å². The van der Waals surface area contributed by atoms with E-state index in [-0.39, 0.29) is 25.1 Å². The van der Waals surface area contributed by atoms with E-state index in [9.17, 15) is 4.79 Å². The van der Waals surface area contributed by atoms with Gasteiger partial charge in [0.15, 0.2) is 11.5 Å². The van der Waals surface area contributed by atoms with E-state index in [4.69, 9.17) is 18.9 Å². The zero-order valence-electron chi connectivity index (χ0n) is 13.6. The van der Waals surface area contributed by atoms with Crippen molar-refractivity contribution in [2.75, 3.05) is 40.1 Å². The number of amides is 1. The highest BCUT2D eigenvalue weighted by atomic mass is 35.5. The third-order valence-corrected chi connectivity index (χ3v) is 4.22. The summed E-state index contributed by atoms with van der Waals surface area (Å²) < 4.78 is 21.7. The van der Waals surface area contributed by atoms with Crippen molar-refractivity contribution in [1.29, 1.82) is 0 Å². The molecule has 2 aliphatic rings. The van der Waals surface area contributed by atoms with E-state index < -0.39 is 5.60 Å². The Morgan fingerprint density at radius 3 is 2.79 bits per heavy atom. The molecule has 2 N–H and O–H groups in total. The lowest BCUT2D eigenvalue weighted by Crippen LogP contribution is -2.54. The van der Waals surface area contributed by atoms with Gasteiger partial charge < -0.3 is 29.6 Å². The molecule has 3 rings (SSSR count). The summed E-state index contributed by atoms with van der Waals surface area (Å²) >= 11 is 0. The third-order valence-electron chi connectivity index (χ3n) is 4.22. The molecule has 0 aromatic heterocycles. The summed E-state index contributed by atoms with van der Waals surface area (Å²) in [5.41, 5.74) is -0.718. The van der Waals surface area contributed by atoms with Gasteiger partial charge in [0.2, 0.25) is 6.79 Å². The number of piperidine rings is 1. The van der Waals surface area contributed by atoms with Crippen LogP contribution in [0, 0.1) is 0 Å². The second-order valence-corrected chi connectivity index (χ2v) is 5.57. The summed E-state index contributed by atoms with van der Waals surface area (Å²) in [5, 5.41) is 6.13. The molecule has 7 nitrogen and oxygen atoms in total. The highest BCUT2D eigenvalue weighted by Gasteiger charge is 2.39. The second-order valence-electron chi connectivity index (χ2n) is 5.57. The van der Waals surface area contributed by atoms with Crippen molar-refractivity contribution in [3.05, 3.63) is 18.2 Å². The number of hydrogen-bond acceptors (Lipinski definition) is 6. The molecule has 0 bridgehead atoms. The lowest BCUT2D eigenvalue weighted by molar-refractivity contribution is -0.146. The second kappa shape index (κ2) is 8.41. The van der Waals surface area contributed by atoms with Crippen LogP contribution in [0.15, 0.2) is 18.2 Å². The van der Waals surface area contributed by atoms with Crippen molar-refractivity contribution in [3.63, 3.8) is 0 Å². The van der Waals surface area contributed by atoms with Crippen LogP contribution in [0.3, 0.4) is 0 Å². The molecule has 0 saturated carbocycles. The van der Waals surface area contributed by atoms with Crippen molar-refractivity contribution < 1.29 is 23.7 Å². The first-order chi connectivity index (χ1) is 11.2. The van der Waals surface area contributed by atoms with Crippen LogP contribution in [0.25, 0.3) is 0 Å². The molecule has 2 aliphatic heterocycles. The van der Waals surface area contributed by atoms with Crippen LogP contribution in [0.1, 0.15) is 12.8 Å². The Labute approximate surface area is 147 Å². The standard InChI is InChI=1S/C16H22N2O5.ClH/c1-20-16(4-6-17-7-5-16)15(19)18-8-9-21-12-2-3-13-14(10-12)23-11-22-13;/h2-3,10,17H,4-9,11H2,1H3,(H,18,19);1H. The molecule has 0 radical (unpaired) electrons. The fourth-order valence-corrected chi connectivity index (χ4v) is 2.82. The number of nitrogens with one attached hydrogen (secondary N) is 2. The summed E-state index contributed by atoms with van der Waals surface area (Å²) in [6.45, 7) is 2.61. The third kappa shape index (κ3) is 4.03. The van der Waals surface area contributed by atoms with E-state index in [1.165, 1.54) is 0 Å². The molecule has 1 fully saturated rings. The number of rotatable bonds is 6. The molecule has 0 atom stereocenters. The van der Waals surface area contributed by atoms with Gasteiger partial charge in [-0.25, -0.2) is 0 Å². The van der Waals surface area contributed by atoms with Gasteiger partial charge in [0.05, 0.1) is 6.54 Å². The molecule has 1 amide bonds. The number of benzene rings is 1. The first-order valence-corrected chi connectivity index (χ1v) is 7.80. The van der Waals surface area contributed by atoms with E-state index in [2.05, 4.69) is 10.6 Å². The number of ether oxygens (including phenoxy) is 4. The molecule has 0 spiro atoms. The average Bonchev–Trinajstić information content (AvgIpc) is 3.06. The molecule has 8 heteroatoms. The first-order valence-electron chi connectivity index (χ1n) is 7.80. The van der Waals surface area contributed by atoms with Crippen LogP contribution in [0.2, 0.25) is 0 Å². The minimum atomic E-state index is -0.718. The Morgan fingerprint density at radius 2 is 2.04 bits per heavy atom. The van der Waals surface area contributed by atoms with E-state index in [1.807, 2.05) is 12.1 Å². The van der Waals surface area contributed by atoms with E-state index in [1.54, 1.807) is 13.2 Å². The van der Waals surface area contributed by atoms with E-state index in [0.717, 1.165) is 18.8 Å². The lowest BCUT2D eigenvalue weighted by Gasteiger charge is -2.34. The maximum absolute atomic E-state index is 12.4. The number of methoxy groups -OCH3 is 1. The maximum atomic E-state index is 12.4. The highest BCUT2D eigenvalue weighted by molar-refractivity contribution is 5.85. The number of hydrogen-bond donors (Lipinski definition) is 2. The molecule has 1 aromatic rings. The van der Waals surface area contributed by atoms with Gasteiger partial charge in [0, 0.05) is 13.2 Å². The van der Waals surface area contributed by atoms with Crippen molar-refractivity contribution in [1.82, 2.24) is 10.6 Å². The molecule has 134 valence electrons. The molecular weight excluding hydrogens is 336 g/mol. The van der Waals surface area contributed by atoms with Crippen molar-refractivity contribution in [2.24, 2.45) is 0 Å². The van der Waals surface area contributed by atoms with E-state index >= 15 is 0 Å². The van der Waals surface area contributed by atoms with Crippen molar-refractivity contribution in [2.45, 2.75) is 18.4 Å². The average molecular weight is 359 g/mol. The number of halogens is 1. The van der Waals surface area contributed by atoms with Gasteiger partial charge in [-0.15, -0.1) is 12.4 Å². The van der Waals surface area contributed by atoms with Crippen LogP contribution in [0.5, 0.6) is 17.2 Å². The van der Waals surface area contributed by atoms with Crippen LogP contribution in [-0.2, 0) is 9.53 Å². The summed E-state index contributed by atoms with van der Waals surface area (Å²) in [6.07, 6.45) is 1.36.